The van der Waals surface area contributed by atoms with Gasteiger partial charge in [0.05, 0.1) is 19.3 Å². The minimum Gasteiger partial charge on any atom is -0.493 e. The minimum absolute atomic E-state index is 0.367. The molecule has 0 saturated carbocycles. The molecule has 0 atom stereocenters. The third-order valence-corrected chi connectivity index (χ3v) is 4.96. The minimum atomic E-state index is -0.469. The Labute approximate surface area is 165 Å². The largest absolute Gasteiger partial charge is 0.493 e. The zero-order chi connectivity index (χ0) is 19.9. The summed E-state index contributed by atoms with van der Waals surface area (Å²) in [5.41, 5.74) is 6.88. The molecule has 2 aromatic rings. The lowest BCUT2D eigenvalue weighted by molar-refractivity contribution is 0.1000. The first kappa shape index (κ1) is 19.9. The summed E-state index contributed by atoms with van der Waals surface area (Å²) in [6.07, 6.45) is 3.62. The number of amides is 1. The zero-order valence-electron chi connectivity index (χ0n) is 16.5. The van der Waals surface area contributed by atoms with E-state index >= 15 is 0 Å². The molecule has 7 heteroatoms. The molecule has 28 heavy (non-hydrogen) atoms. The summed E-state index contributed by atoms with van der Waals surface area (Å²) in [5, 5.41) is 3.41. The van der Waals surface area contributed by atoms with Gasteiger partial charge in [-0.1, -0.05) is 6.07 Å². The number of pyridine rings is 1. The molecule has 0 bridgehead atoms. The van der Waals surface area contributed by atoms with Gasteiger partial charge < -0.3 is 25.4 Å². The highest BCUT2D eigenvalue weighted by Crippen LogP contribution is 2.30. The topological polar surface area (TPSA) is 89.7 Å². The first-order valence-corrected chi connectivity index (χ1v) is 9.65. The van der Waals surface area contributed by atoms with Crippen LogP contribution >= 0.6 is 0 Å². The molecule has 3 rings (SSSR count). The summed E-state index contributed by atoms with van der Waals surface area (Å²) in [6, 6.07) is 9.98. The van der Waals surface area contributed by atoms with Crippen molar-refractivity contribution in [2.75, 3.05) is 31.7 Å². The van der Waals surface area contributed by atoms with Crippen LogP contribution in [0.4, 0.5) is 5.82 Å². The average molecular weight is 384 g/mol. The zero-order valence-corrected chi connectivity index (χ0v) is 16.5. The summed E-state index contributed by atoms with van der Waals surface area (Å²) >= 11 is 0. The van der Waals surface area contributed by atoms with Crippen molar-refractivity contribution in [1.29, 1.82) is 0 Å². The fraction of sp³-hybridized carbons (Fsp3) is 0.429. The van der Waals surface area contributed by atoms with Gasteiger partial charge in [-0.15, -0.1) is 0 Å². The first-order valence-electron chi connectivity index (χ1n) is 9.65. The van der Waals surface area contributed by atoms with Crippen LogP contribution in [0.1, 0.15) is 35.7 Å². The van der Waals surface area contributed by atoms with Gasteiger partial charge in [0.15, 0.2) is 11.5 Å². The van der Waals surface area contributed by atoms with Crippen LogP contribution in [0.3, 0.4) is 0 Å². The highest BCUT2D eigenvalue weighted by molar-refractivity contribution is 5.92. The van der Waals surface area contributed by atoms with Crippen molar-refractivity contribution < 1.29 is 14.3 Å². The molecular formula is C21H28N4O3. The molecule has 2 heterocycles. The Morgan fingerprint density at radius 3 is 2.64 bits per heavy atom. The highest BCUT2D eigenvalue weighted by Gasteiger charge is 2.23. The Morgan fingerprint density at radius 1 is 1.25 bits per heavy atom. The number of benzene rings is 1. The van der Waals surface area contributed by atoms with Crippen LogP contribution < -0.4 is 25.4 Å². The maximum absolute atomic E-state index is 11.4. The molecule has 1 aliphatic rings. The summed E-state index contributed by atoms with van der Waals surface area (Å²) < 4.78 is 11.1. The van der Waals surface area contributed by atoms with Crippen LogP contribution in [0.25, 0.3) is 0 Å². The number of carbonyl (C=O) groups excluding carboxylic acids is 1. The number of primary amides is 1. The molecular weight excluding hydrogens is 356 g/mol. The standard InChI is InChI=1S/C21H28N4O3/c1-3-28-19-12-15(4-6-18(19)27-2)14-25(17-8-10-23-11-9-17)20-7-5-16(13-24-20)21(22)26/h4-7,12-13,17,23H,3,8-11,14H2,1-2H3,(H2,22,26). The average Bonchev–Trinajstić information content (AvgIpc) is 2.73. The lowest BCUT2D eigenvalue weighted by atomic mass is 10.0. The summed E-state index contributed by atoms with van der Waals surface area (Å²) in [7, 11) is 1.64. The molecule has 150 valence electrons. The van der Waals surface area contributed by atoms with Gasteiger partial charge in [0.1, 0.15) is 5.82 Å². The Balaban J connectivity index is 1.88. The van der Waals surface area contributed by atoms with Crippen molar-refractivity contribution in [3.8, 4) is 11.5 Å². The SMILES string of the molecule is CCOc1cc(CN(c2ccc(C(N)=O)cn2)C2CCNCC2)ccc1OC. The second-order valence-corrected chi connectivity index (χ2v) is 6.80. The number of anilines is 1. The van der Waals surface area contributed by atoms with Crippen molar-refractivity contribution >= 4 is 11.7 Å². The molecule has 1 saturated heterocycles. The molecule has 1 aromatic carbocycles. The maximum Gasteiger partial charge on any atom is 0.250 e. The second kappa shape index (κ2) is 9.41. The Morgan fingerprint density at radius 2 is 2.04 bits per heavy atom. The molecule has 7 nitrogen and oxygen atoms in total. The maximum atomic E-state index is 11.4. The summed E-state index contributed by atoms with van der Waals surface area (Å²) in [5.74, 6) is 1.84. The molecule has 1 aromatic heterocycles. The van der Waals surface area contributed by atoms with Gasteiger partial charge in [-0.2, -0.15) is 0 Å². The monoisotopic (exact) mass is 384 g/mol. The van der Waals surface area contributed by atoms with Gasteiger partial charge in [-0.25, -0.2) is 4.98 Å². The number of nitrogens with two attached hydrogens (primary N) is 1. The number of ether oxygens (including phenoxy) is 2. The Kier molecular flexibility index (Phi) is 6.71. The predicted molar refractivity (Wildman–Crippen MR) is 109 cm³/mol. The van der Waals surface area contributed by atoms with Crippen molar-refractivity contribution in [1.82, 2.24) is 10.3 Å². The van der Waals surface area contributed by atoms with Gasteiger partial charge in [-0.3, -0.25) is 4.79 Å². The molecule has 1 amide bonds. The van der Waals surface area contributed by atoms with Crippen LogP contribution in [0.5, 0.6) is 11.5 Å². The molecule has 1 fully saturated rings. The van der Waals surface area contributed by atoms with Crippen LogP contribution in [0, 0.1) is 0 Å². The van der Waals surface area contributed by atoms with E-state index < -0.39 is 5.91 Å². The number of nitrogens with one attached hydrogen (secondary N) is 1. The van der Waals surface area contributed by atoms with E-state index in [0.29, 0.717) is 24.8 Å². The number of methoxy groups -OCH3 is 1. The van der Waals surface area contributed by atoms with Crippen LogP contribution in [0.15, 0.2) is 36.5 Å². The van der Waals surface area contributed by atoms with Crippen molar-refractivity contribution in [2.24, 2.45) is 5.73 Å². The van der Waals surface area contributed by atoms with E-state index in [9.17, 15) is 4.79 Å². The molecule has 1 aliphatic heterocycles. The first-order chi connectivity index (χ1) is 13.6. The lowest BCUT2D eigenvalue weighted by Crippen LogP contribution is -2.43. The quantitative estimate of drug-likeness (QED) is 0.726. The highest BCUT2D eigenvalue weighted by atomic mass is 16.5. The van der Waals surface area contributed by atoms with E-state index in [1.165, 1.54) is 0 Å². The van der Waals surface area contributed by atoms with Gasteiger partial charge in [0.2, 0.25) is 5.91 Å². The third kappa shape index (κ3) is 4.72. The number of piperidine rings is 1. The van der Waals surface area contributed by atoms with E-state index in [1.807, 2.05) is 31.2 Å². The van der Waals surface area contributed by atoms with E-state index in [0.717, 1.165) is 48.8 Å². The second-order valence-electron chi connectivity index (χ2n) is 6.80. The number of carbonyl (C=O) groups is 1. The molecule has 0 aliphatic carbocycles. The number of hydrogen-bond donors (Lipinski definition) is 2. The third-order valence-electron chi connectivity index (χ3n) is 4.96. The number of aromatic nitrogens is 1. The summed E-state index contributed by atoms with van der Waals surface area (Å²) in [4.78, 5) is 18.2. The number of nitrogens with zero attached hydrogens (tertiary/aromatic N) is 2. The fourth-order valence-electron chi connectivity index (χ4n) is 3.50. The Bertz CT molecular complexity index is 789. The normalized spacial score (nSPS) is 14.5. The Hall–Kier alpha value is -2.80. The van der Waals surface area contributed by atoms with Crippen molar-refractivity contribution in [2.45, 2.75) is 32.4 Å². The molecule has 0 unspecified atom stereocenters. The number of hydrogen-bond acceptors (Lipinski definition) is 6. The van der Waals surface area contributed by atoms with E-state index in [-0.39, 0.29) is 0 Å². The van der Waals surface area contributed by atoms with Gasteiger partial charge in [0.25, 0.3) is 0 Å². The molecule has 3 N–H and O–H groups in total. The van der Waals surface area contributed by atoms with E-state index in [1.54, 1.807) is 19.4 Å². The van der Waals surface area contributed by atoms with Crippen molar-refractivity contribution in [3.63, 3.8) is 0 Å². The lowest BCUT2D eigenvalue weighted by Gasteiger charge is -2.36. The molecule has 0 radical (unpaired) electrons. The van der Waals surface area contributed by atoms with E-state index in [4.69, 9.17) is 15.2 Å². The van der Waals surface area contributed by atoms with Crippen molar-refractivity contribution in [3.05, 3.63) is 47.7 Å². The van der Waals surface area contributed by atoms with Crippen LogP contribution in [-0.4, -0.2) is 43.7 Å². The van der Waals surface area contributed by atoms with Crippen LogP contribution in [-0.2, 0) is 6.54 Å². The van der Waals surface area contributed by atoms with Gasteiger partial charge in [-0.05, 0) is 62.7 Å². The number of rotatable bonds is 8. The van der Waals surface area contributed by atoms with Crippen LogP contribution in [0.2, 0.25) is 0 Å². The molecule has 0 spiro atoms. The van der Waals surface area contributed by atoms with E-state index in [2.05, 4.69) is 15.2 Å². The summed E-state index contributed by atoms with van der Waals surface area (Å²) in [6.45, 7) is 5.18. The predicted octanol–water partition coefficient (Wildman–Crippen LogP) is 2.35. The smallest absolute Gasteiger partial charge is 0.250 e. The fourth-order valence-corrected chi connectivity index (χ4v) is 3.50. The van der Waals surface area contributed by atoms with Gasteiger partial charge >= 0.3 is 0 Å². The van der Waals surface area contributed by atoms with Gasteiger partial charge in [0, 0.05) is 18.8 Å².